The summed E-state index contributed by atoms with van der Waals surface area (Å²) in [6.07, 6.45) is 5.85. The van der Waals surface area contributed by atoms with Gasteiger partial charge in [0.2, 0.25) is 0 Å². The molecule has 1 amide bonds. The Balaban J connectivity index is 0.00000169. The second kappa shape index (κ2) is 6.50. The van der Waals surface area contributed by atoms with Crippen molar-refractivity contribution >= 4 is 41.6 Å². The van der Waals surface area contributed by atoms with Gasteiger partial charge in [0.1, 0.15) is 5.52 Å². The summed E-state index contributed by atoms with van der Waals surface area (Å²) in [5.74, 6) is -0.437. The lowest BCUT2D eigenvalue weighted by molar-refractivity contribution is 0.0399. The molecule has 7 heteroatoms. The summed E-state index contributed by atoms with van der Waals surface area (Å²) in [5, 5.41) is 0. The van der Waals surface area contributed by atoms with Crippen LogP contribution in [0.2, 0.25) is 0 Å². The van der Waals surface area contributed by atoms with Crippen LogP contribution in [-0.4, -0.2) is 34.5 Å². The Morgan fingerprint density at radius 1 is 1.25 bits per heavy atom. The third kappa shape index (κ3) is 2.66. The molecule has 5 nitrogen and oxygen atoms in total. The number of halogens is 1. The van der Waals surface area contributed by atoms with E-state index in [0.29, 0.717) is 28.1 Å². The Morgan fingerprint density at radius 3 is 2.54 bits per heavy atom. The van der Waals surface area contributed by atoms with Crippen molar-refractivity contribution in [2.45, 2.75) is 50.2 Å². The highest BCUT2D eigenvalue weighted by Crippen LogP contribution is 2.40. The van der Waals surface area contributed by atoms with Crippen LogP contribution < -0.4 is 5.73 Å². The molecule has 2 fully saturated rings. The van der Waals surface area contributed by atoms with E-state index in [0.717, 1.165) is 18.4 Å². The first-order chi connectivity index (χ1) is 11.1. The number of piperidine rings is 2. The molecule has 0 radical (unpaired) electrons. The molecule has 2 aromatic rings. The predicted octanol–water partition coefficient (Wildman–Crippen LogP) is 3.67. The molecule has 1 aromatic heterocycles. The van der Waals surface area contributed by atoms with E-state index in [1.807, 2.05) is 10.6 Å². The maximum atomic E-state index is 11.8. The van der Waals surface area contributed by atoms with Gasteiger partial charge in [-0.1, -0.05) is 12.5 Å². The molecule has 0 spiro atoms. The SMILES string of the molecule is CN1C2CCCC1CC(n1c(=S)oc3cccc(C(N)=O)c31)C2.Cl. The Labute approximate surface area is 152 Å². The maximum absolute atomic E-state index is 11.8. The van der Waals surface area contributed by atoms with Gasteiger partial charge >= 0.3 is 0 Å². The number of carbonyl (C=O) groups excluding carboxylic acids is 1. The van der Waals surface area contributed by atoms with E-state index in [4.69, 9.17) is 22.4 Å². The Morgan fingerprint density at radius 2 is 1.92 bits per heavy atom. The zero-order valence-corrected chi connectivity index (χ0v) is 15.2. The van der Waals surface area contributed by atoms with Gasteiger partial charge in [0.15, 0.2) is 5.58 Å². The van der Waals surface area contributed by atoms with Gasteiger partial charge in [-0.2, -0.15) is 0 Å². The number of hydrogen-bond acceptors (Lipinski definition) is 4. The van der Waals surface area contributed by atoms with Crippen molar-refractivity contribution in [2.75, 3.05) is 7.05 Å². The number of carbonyl (C=O) groups is 1. The van der Waals surface area contributed by atoms with Crippen LogP contribution in [0.25, 0.3) is 11.1 Å². The van der Waals surface area contributed by atoms with Gasteiger partial charge in [-0.15, -0.1) is 12.4 Å². The largest absolute Gasteiger partial charge is 0.429 e. The van der Waals surface area contributed by atoms with E-state index < -0.39 is 5.91 Å². The predicted molar refractivity (Wildman–Crippen MR) is 98.3 cm³/mol. The third-order valence-corrected chi connectivity index (χ3v) is 5.86. The number of para-hydroxylation sites is 1. The van der Waals surface area contributed by atoms with Gasteiger partial charge in [0, 0.05) is 18.1 Å². The summed E-state index contributed by atoms with van der Waals surface area (Å²) in [6, 6.07) is 6.83. The highest BCUT2D eigenvalue weighted by Gasteiger charge is 2.37. The molecule has 2 aliphatic heterocycles. The van der Waals surface area contributed by atoms with E-state index in [1.54, 1.807) is 12.1 Å². The fourth-order valence-electron chi connectivity index (χ4n) is 4.42. The van der Waals surface area contributed by atoms with Crippen LogP contribution >= 0.6 is 24.6 Å². The van der Waals surface area contributed by atoms with E-state index >= 15 is 0 Å². The summed E-state index contributed by atoms with van der Waals surface area (Å²) in [5.41, 5.74) is 7.47. The highest BCUT2D eigenvalue weighted by atomic mass is 35.5. The number of aromatic nitrogens is 1. The van der Waals surface area contributed by atoms with Crippen LogP contribution in [0.15, 0.2) is 22.6 Å². The van der Waals surface area contributed by atoms with Crippen molar-refractivity contribution in [1.29, 1.82) is 0 Å². The number of nitrogens with two attached hydrogens (primary N) is 1. The molecule has 130 valence electrons. The molecule has 2 atom stereocenters. The van der Waals surface area contributed by atoms with Crippen molar-refractivity contribution < 1.29 is 9.21 Å². The lowest BCUT2D eigenvalue weighted by Gasteiger charge is -2.47. The fourth-order valence-corrected chi connectivity index (χ4v) is 4.75. The number of fused-ring (bicyclic) bond motifs is 3. The molecule has 2 bridgehead atoms. The van der Waals surface area contributed by atoms with Crippen molar-refractivity contribution in [3.63, 3.8) is 0 Å². The Bertz CT molecular complexity index is 817. The van der Waals surface area contributed by atoms with Gasteiger partial charge in [0.25, 0.3) is 10.7 Å². The van der Waals surface area contributed by atoms with Gasteiger partial charge in [-0.3, -0.25) is 9.36 Å². The molecule has 2 saturated heterocycles. The van der Waals surface area contributed by atoms with Gasteiger partial charge in [0.05, 0.1) is 5.56 Å². The van der Waals surface area contributed by atoms with Crippen molar-refractivity contribution in [3.8, 4) is 0 Å². The minimum atomic E-state index is -0.437. The van der Waals surface area contributed by atoms with Crippen LogP contribution in [-0.2, 0) is 0 Å². The van der Waals surface area contributed by atoms with Crippen LogP contribution in [0, 0.1) is 4.84 Å². The first-order valence-electron chi connectivity index (χ1n) is 8.22. The molecule has 2 aliphatic rings. The molecule has 1 aromatic carbocycles. The van der Waals surface area contributed by atoms with Gasteiger partial charge < -0.3 is 15.1 Å². The number of nitrogens with zero attached hydrogens (tertiary/aromatic N) is 2. The Kier molecular flexibility index (Phi) is 4.73. The number of hydrogen-bond donors (Lipinski definition) is 1. The van der Waals surface area contributed by atoms with Crippen molar-refractivity contribution in [2.24, 2.45) is 5.73 Å². The fraction of sp³-hybridized carbons (Fsp3) is 0.529. The molecule has 2 N–H and O–H groups in total. The number of benzene rings is 1. The summed E-state index contributed by atoms with van der Waals surface area (Å²) in [6.45, 7) is 0. The monoisotopic (exact) mass is 367 g/mol. The average Bonchev–Trinajstić information content (AvgIpc) is 2.82. The molecule has 24 heavy (non-hydrogen) atoms. The van der Waals surface area contributed by atoms with E-state index in [9.17, 15) is 4.79 Å². The summed E-state index contributed by atoms with van der Waals surface area (Å²) in [7, 11) is 2.23. The van der Waals surface area contributed by atoms with Crippen molar-refractivity contribution in [3.05, 3.63) is 28.6 Å². The third-order valence-electron chi connectivity index (χ3n) is 5.58. The average molecular weight is 368 g/mol. The smallest absolute Gasteiger partial charge is 0.269 e. The molecular weight excluding hydrogens is 346 g/mol. The second-order valence-electron chi connectivity index (χ2n) is 6.78. The summed E-state index contributed by atoms with van der Waals surface area (Å²) in [4.78, 5) is 14.8. The molecular formula is C17H22ClN3O2S. The summed E-state index contributed by atoms with van der Waals surface area (Å²) < 4.78 is 7.79. The topological polar surface area (TPSA) is 64.4 Å². The van der Waals surface area contributed by atoms with Crippen LogP contribution in [0.3, 0.4) is 0 Å². The lowest BCUT2D eigenvalue weighted by Crippen LogP contribution is -2.50. The Hall–Kier alpha value is -1.37. The lowest BCUT2D eigenvalue weighted by atomic mass is 9.82. The number of oxazole rings is 1. The zero-order valence-electron chi connectivity index (χ0n) is 13.6. The normalized spacial score (nSPS) is 27.0. The zero-order chi connectivity index (χ0) is 16.1. The summed E-state index contributed by atoms with van der Waals surface area (Å²) >= 11 is 5.47. The first kappa shape index (κ1) is 17.5. The quantitative estimate of drug-likeness (QED) is 0.822. The highest BCUT2D eigenvalue weighted by molar-refractivity contribution is 7.71. The van der Waals surface area contributed by atoms with Crippen LogP contribution in [0.4, 0.5) is 0 Å². The number of rotatable bonds is 2. The van der Waals surface area contributed by atoms with E-state index in [1.165, 1.54) is 19.3 Å². The molecule has 3 heterocycles. The van der Waals surface area contributed by atoms with Crippen LogP contribution in [0.1, 0.15) is 48.5 Å². The first-order valence-corrected chi connectivity index (χ1v) is 8.63. The van der Waals surface area contributed by atoms with Crippen LogP contribution in [0.5, 0.6) is 0 Å². The molecule has 4 rings (SSSR count). The van der Waals surface area contributed by atoms with Gasteiger partial charge in [-0.05, 0) is 57.1 Å². The van der Waals surface area contributed by atoms with Gasteiger partial charge in [-0.25, -0.2) is 0 Å². The standard InChI is InChI=1S/C17H21N3O2S.ClH/c1-19-10-4-2-5-11(19)9-12(8-10)20-15-13(16(18)21)6-3-7-14(15)22-17(20)23;/h3,6-7,10-12H,2,4-5,8-9H2,1H3,(H2,18,21);1H. The molecule has 2 unspecified atom stereocenters. The second-order valence-corrected chi connectivity index (χ2v) is 7.13. The number of amides is 1. The minimum Gasteiger partial charge on any atom is -0.429 e. The van der Waals surface area contributed by atoms with E-state index in [-0.39, 0.29) is 18.4 Å². The number of primary amides is 1. The molecule has 0 aliphatic carbocycles. The minimum absolute atomic E-state index is 0. The molecule has 0 saturated carbocycles. The maximum Gasteiger partial charge on any atom is 0.269 e. The van der Waals surface area contributed by atoms with Crippen molar-refractivity contribution in [1.82, 2.24) is 9.47 Å². The van der Waals surface area contributed by atoms with E-state index in [2.05, 4.69) is 11.9 Å².